The van der Waals surface area contributed by atoms with E-state index in [1.165, 1.54) is 59.3 Å². The first-order chi connectivity index (χ1) is 27.5. The summed E-state index contributed by atoms with van der Waals surface area (Å²) in [6.45, 7) is 2.35. The van der Waals surface area contributed by atoms with Crippen molar-refractivity contribution in [2.75, 3.05) is 17.7 Å². The number of benzene rings is 2. The highest BCUT2D eigenvalue weighted by atomic mass is 32.2. The summed E-state index contributed by atoms with van der Waals surface area (Å²) in [5.41, 5.74) is -0.834. The second kappa shape index (κ2) is 18.3. The molecular formula is C33H25F3N7O12S3-. The average molecular weight is 865 g/mol. The van der Waals surface area contributed by atoms with Crippen molar-refractivity contribution in [2.24, 2.45) is 5.16 Å². The molecule has 3 aromatic rings. The van der Waals surface area contributed by atoms with Crippen LogP contribution in [0.25, 0.3) is 0 Å². The summed E-state index contributed by atoms with van der Waals surface area (Å²) in [6.07, 6.45) is -5.15. The Bertz CT molecular complexity index is 2220. The average Bonchev–Trinajstić information content (AvgIpc) is 3.64. The highest BCUT2D eigenvalue weighted by Gasteiger charge is 2.55. The van der Waals surface area contributed by atoms with E-state index in [-0.39, 0.29) is 35.7 Å². The zero-order valence-electron chi connectivity index (χ0n) is 29.0. The van der Waals surface area contributed by atoms with E-state index in [1.54, 1.807) is 0 Å². The number of β-lactam (4-membered cyclic amide) rings is 1. The number of carbonyl (C=O) groups excluding carboxylic acids is 5. The summed E-state index contributed by atoms with van der Waals surface area (Å²) in [6, 6.07) is 9.12. The van der Waals surface area contributed by atoms with E-state index < -0.39 is 91.2 Å². The number of alkyl halides is 3. The first kappa shape index (κ1) is 42.8. The molecule has 1 saturated heterocycles. The molecule has 304 valence electrons. The van der Waals surface area contributed by atoms with Crippen molar-refractivity contribution < 1.29 is 61.7 Å². The lowest BCUT2D eigenvalue weighted by Crippen LogP contribution is -2.72. The van der Waals surface area contributed by atoms with Crippen molar-refractivity contribution in [1.82, 2.24) is 15.2 Å². The molecule has 25 heteroatoms. The van der Waals surface area contributed by atoms with E-state index in [1.807, 2.05) is 0 Å². The van der Waals surface area contributed by atoms with Crippen LogP contribution in [0.2, 0.25) is 0 Å². The molecule has 3 amide bonds. The number of nitrogens with one attached hydrogen (secondary N) is 2. The number of carboxylic acids is 1. The molecule has 0 spiro atoms. The van der Waals surface area contributed by atoms with Crippen molar-refractivity contribution in [3.8, 4) is 0 Å². The number of carbonyl (C=O) groups is 5. The van der Waals surface area contributed by atoms with Gasteiger partial charge in [0.2, 0.25) is 6.61 Å². The molecule has 2 aliphatic heterocycles. The Hall–Kier alpha value is -6.34. The molecule has 2 aliphatic rings. The molecule has 0 saturated carbocycles. The molecule has 0 aliphatic carbocycles. The number of non-ortho nitro benzene ring substituents is 2. The van der Waals surface area contributed by atoms with Crippen LogP contribution in [0.3, 0.4) is 0 Å². The van der Waals surface area contributed by atoms with Crippen LogP contribution in [0, 0.1) is 20.2 Å². The van der Waals surface area contributed by atoms with Crippen LogP contribution in [0.5, 0.6) is 0 Å². The molecule has 0 radical (unpaired) electrons. The number of thioether (sulfide) groups is 2. The van der Waals surface area contributed by atoms with E-state index in [2.05, 4.69) is 22.0 Å². The van der Waals surface area contributed by atoms with E-state index in [9.17, 15) is 62.5 Å². The SMILES string of the molecule is C=CSCC1=C(C(=O)[O-])N2C(=O)C(NC(=O)C(=NOCC(=O)OCc3ccc([N+](=O)[O-])cc3)c3csc(NC(=O)C(F)(F)F)n3)[C@H]2SC1Cc1ccc([N+](=O)[O-])cc1. The number of esters is 1. The largest absolute Gasteiger partial charge is 0.543 e. The molecule has 1 fully saturated rings. The topological polar surface area (TPSA) is 266 Å². The lowest BCUT2D eigenvalue weighted by atomic mass is 9.98. The Balaban J connectivity index is 1.37. The standard InChI is InChI=1S/C33H26F3N7O12S3/c1-2-56-14-20-22(11-16-3-7-18(8-4-16)42(50)51)58-29-25(28(46)41(29)26(20)30(47)48)38-27(45)24(21-15-57-32(37-21)39-31(49)33(34,35)36)40-55-13-23(44)54-12-17-5-9-19(10-6-17)43(52)53/h2-10,15,22,25,29H,1,11-14H2,(H,38,45)(H,47,48)(H,37,39,49)/p-1/t22?,25?,29-/m1/s1. The zero-order chi connectivity index (χ0) is 42.3. The van der Waals surface area contributed by atoms with Gasteiger partial charge in [-0.15, -0.1) is 34.9 Å². The monoisotopic (exact) mass is 864 g/mol. The molecule has 0 bridgehead atoms. The Morgan fingerprint density at radius 2 is 1.66 bits per heavy atom. The second-order valence-corrected chi connectivity index (χ2v) is 14.9. The number of nitrogens with zero attached hydrogens (tertiary/aromatic N) is 5. The minimum Gasteiger partial charge on any atom is -0.543 e. The van der Waals surface area contributed by atoms with E-state index >= 15 is 0 Å². The number of nitro benzene ring substituents is 2. The maximum absolute atomic E-state index is 13.7. The molecule has 3 atom stereocenters. The fraction of sp³-hybridized carbons (Fsp3) is 0.242. The van der Waals surface area contributed by atoms with Crippen LogP contribution in [0.1, 0.15) is 16.8 Å². The zero-order valence-corrected chi connectivity index (χ0v) is 31.5. The predicted octanol–water partition coefficient (Wildman–Crippen LogP) is 2.82. The molecule has 19 nitrogen and oxygen atoms in total. The Morgan fingerprint density at radius 3 is 2.22 bits per heavy atom. The van der Waals surface area contributed by atoms with Gasteiger partial charge >= 0.3 is 18.1 Å². The number of thiazole rings is 1. The van der Waals surface area contributed by atoms with Crippen molar-refractivity contribution in [3.63, 3.8) is 0 Å². The Labute approximate surface area is 335 Å². The molecule has 5 rings (SSSR count). The van der Waals surface area contributed by atoms with Crippen molar-refractivity contribution >= 4 is 86.7 Å². The predicted molar refractivity (Wildman–Crippen MR) is 198 cm³/mol. The summed E-state index contributed by atoms with van der Waals surface area (Å²) < 4.78 is 43.7. The smallest absolute Gasteiger partial charge is 0.471 e. The number of nitro groups is 2. The number of aliphatic carboxylic acids is 1. The van der Waals surface area contributed by atoms with Crippen LogP contribution in [-0.4, -0.2) is 90.3 Å². The number of rotatable bonds is 17. The van der Waals surface area contributed by atoms with Crippen LogP contribution in [0.15, 0.2) is 82.3 Å². The van der Waals surface area contributed by atoms with Gasteiger partial charge in [-0.3, -0.25) is 44.8 Å². The highest BCUT2D eigenvalue weighted by Crippen LogP contribution is 2.46. The van der Waals surface area contributed by atoms with Crippen LogP contribution in [-0.2, 0) is 46.6 Å². The molecular weight excluding hydrogens is 840 g/mol. The van der Waals surface area contributed by atoms with Crippen molar-refractivity contribution in [1.29, 1.82) is 0 Å². The maximum Gasteiger partial charge on any atom is 0.471 e. The number of amides is 3. The van der Waals surface area contributed by atoms with Gasteiger partial charge in [-0.2, -0.15) is 13.2 Å². The normalized spacial score (nSPS) is 17.7. The first-order valence-corrected chi connectivity index (χ1v) is 19.0. The first-order valence-electron chi connectivity index (χ1n) is 16.1. The minimum absolute atomic E-state index is 0.0759. The number of fused-ring (bicyclic) bond motifs is 1. The second-order valence-electron chi connectivity index (χ2n) is 11.7. The molecule has 3 heterocycles. The minimum atomic E-state index is -5.29. The molecule has 2 N–H and O–H groups in total. The molecule has 1 aromatic heterocycles. The molecule has 2 unspecified atom stereocenters. The summed E-state index contributed by atoms with van der Waals surface area (Å²) in [7, 11) is 0. The number of carboxylic acid groups (broad SMARTS) is 1. The summed E-state index contributed by atoms with van der Waals surface area (Å²) in [5.74, 6) is -7.12. The van der Waals surface area contributed by atoms with Gasteiger partial charge in [-0.05, 0) is 40.7 Å². The number of hydrogen-bond donors (Lipinski definition) is 2. The summed E-state index contributed by atoms with van der Waals surface area (Å²) in [4.78, 5) is 94.1. The number of anilines is 1. The third-order valence-corrected chi connectivity index (χ3v) is 11.0. The summed E-state index contributed by atoms with van der Waals surface area (Å²) in [5, 5.41) is 42.2. The maximum atomic E-state index is 13.7. The quantitative estimate of drug-likeness (QED) is 0.0650. The molecule has 58 heavy (non-hydrogen) atoms. The van der Waals surface area contributed by atoms with Gasteiger partial charge in [0.25, 0.3) is 23.2 Å². The van der Waals surface area contributed by atoms with Gasteiger partial charge in [-0.25, -0.2) is 9.78 Å². The number of halogens is 3. The number of hydrogen-bond acceptors (Lipinski definition) is 17. The van der Waals surface area contributed by atoms with E-state index in [0.29, 0.717) is 22.5 Å². The lowest BCUT2D eigenvalue weighted by Gasteiger charge is -2.52. The van der Waals surface area contributed by atoms with Crippen molar-refractivity contribution in [3.05, 3.63) is 114 Å². The van der Waals surface area contributed by atoms with Gasteiger partial charge < -0.3 is 24.8 Å². The van der Waals surface area contributed by atoms with Crippen LogP contribution < -0.4 is 15.7 Å². The van der Waals surface area contributed by atoms with Gasteiger partial charge in [0.05, 0.1) is 21.5 Å². The number of ether oxygens (including phenoxy) is 1. The van der Waals surface area contributed by atoms with Crippen molar-refractivity contribution in [2.45, 2.75) is 35.9 Å². The van der Waals surface area contributed by atoms with Gasteiger partial charge in [0.15, 0.2) is 10.8 Å². The third kappa shape index (κ3) is 10.1. The van der Waals surface area contributed by atoms with Crippen LogP contribution >= 0.6 is 34.9 Å². The fourth-order valence-corrected chi connectivity index (χ4v) is 8.39. The fourth-order valence-electron chi connectivity index (χ4n) is 5.30. The number of aromatic nitrogens is 1. The van der Waals surface area contributed by atoms with Gasteiger partial charge in [0, 0.05) is 40.6 Å². The van der Waals surface area contributed by atoms with Crippen LogP contribution in [0.4, 0.5) is 29.7 Å². The van der Waals surface area contributed by atoms with E-state index in [4.69, 9.17) is 9.57 Å². The molecule has 2 aromatic carbocycles. The van der Waals surface area contributed by atoms with Gasteiger partial charge in [0.1, 0.15) is 23.7 Å². The summed E-state index contributed by atoms with van der Waals surface area (Å²) >= 11 is 2.70. The highest BCUT2D eigenvalue weighted by molar-refractivity contribution is 8.02. The number of oxime groups is 1. The van der Waals surface area contributed by atoms with E-state index in [0.717, 1.165) is 33.8 Å². The van der Waals surface area contributed by atoms with Gasteiger partial charge in [-0.1, -0.05) is 23.9 Å². The Kier molecular flexibility index (Phi) is 13.5. The third-order valence-electron chi connectivity index (χ3n) is 8.01. The Morgan fingerprint density at radius 1 is 1.03 bits per heavy atom. The lowest BCUT2D eigenvalue weighted by molar-refractivity contribution is -0.385.